The minimum absolute atomic E-state index is 0.227. The molecule has 5 heteroatoms. The van der Waals surface area contributed by atoms with Crippen molar-refractivity contribution >= 4 is 5.97 Å². The van der Waals surface area contributed by atoms with Crippen LogP contribution in [0.3, 0.4) is 0 Å². The van der Waals surface area contributed by atoms with Gasteiger partial charge in [0.05, 0.1) is 19.4 Å². The fourth-order valence-electron chi connectivity index (χ4n) is 1.79. The molecule has 0 amide bonds. The molecule has 0 aliphatic carbocycles. The lowest BCUT2D eigenvalue weighted by Crippen LogP contribution is -2.06. The molecular weight excluding hydrogens is 244 g/mol. The second kappa shape index (κ2) is 5.56. The number of rotatable bonds is 4. The second-order valence-electron chi connectivity index (χ2n) is 4.01. The number of aromatic amines is 1. The van der Waals surface area contributed by atoms with Gasteiger partial charge < -0.3 is 14.5 Å². The molecule has 1 heterocycles. The van der Waals surface area contributed by atoms with Crippen LogP contribution in [0, 0.1) is 6.92 Å². The number of nitrogens with zero attached hydrogens (tertiary/aromatic N) is 1. The molecule has 1 aromatic carbocycles. The zero-order valence-corrected chi connectivity index (χ0v) is 11.2. The maximum Gasteiger partial charge on any atom is 0.374 e. The molecule has 0 saturated carbocycles. The van der Waals surface area contributed by atoms with Crippen LogP contribution in [0.4, 0.5) is 0 Å². The zero-order valence-electron chi connectivity index (χ0n) is 11.2. The Morgan fingerprint density at radius 2 is 2.00 bits per heavy atom. The SMILES string of the molecule is CCOC(=O)c1nc(-c2ccc(OC)cc2)c(C)[nH]1. The largest absolute Gasteiger partial charge is 0.497 e. The van der Waals surface area contributed by atoms with Crippen molar-refractivity contribution in [1.82, 2.24) is 9.97 Å². The predicted molar refractivity (Wildman–Crippen MR) is 71.3 cm³/mol. The fraction of sp³-hybridized carbons (Fsp3) is 0.286. The van der Waals surface area contributed by atoms with E-state index in [4.69, 9.17) is 9.47 Å². The van der Waals surface area contributed by atoms with Gasteiger partial charge in [0.25, 0.3) is 0 Å². The Balaban J connectivity index is 2.31. The van der Waals surface area contributed by atoms with Gasteiger partial charge in [-0.05, 0) is 38.1 Å². The summed E-state index contributed by atoms with van der Waals surface area (Å²) in [4.78, 5) is 18.8. The molecule has 5 nitrogen and oxygen atoms in total. The number of esters is 1. The van der Waals surface area contributed by atoms with Crippen LogP contribution in [-0.2, 0) is 4.74 Å². The summed E-state index contributed by atoms with van der Waals surface area (Å²) >= 11 is 0. The summed E-state index contributed by atoms with van der Waals surface area (Å²) in [5.74, 6) is 0.568. The highest BCUT2D eigenvalue weighted by molar-refractivity contribution is 5.86. The normalized spacial score (nSPS) is 10.3. The van der Waals surface area contributed by atoms with Crippen LogP contribution in [0.5, 0.6) is 5.75 Å². The Hall–Kier alpha value is -2.30. The summed E-state index contributed by atoms with van der Waals surface area (Å²) in [6.07, 6.45) is 0. The molecule has 0 aliphatic rings. The van der Waals surface area contributed by atoms with E-state index in [1.165, 1.54) is 0 Å². The van der Waals surface area contributed by atoms with E-state index >= 15 is 0 Å². The third-order valence-electron chi connectivity index (χ3n) is 2.72. The van der Waals surface area contributed by atoms with Crippen molar-refractivity contribution in [3.63, 3.8) is 0 Å². The van der Waals surface area contributed by atoms with Crippen molar-refractivity contribution in [3.05, 3.63) is 35.8 Å². The molecule has 0 unspecified atom stereocenters. The molecule has 0 atom stereocenters. The molecular formula is C14H16N2O3. The maximum atomic E-state index is 11.6. The number of imidazole rings is 1. The van der Waals surface area contributed by atoms with Gasteiger partial charge in [-0.2, -0.15) is 0 Å². The van der Waals surface area contributed by atoms with Gasteiger partial charge in [0.1, 0.15) is 5.75 Å². The van der Waals surface area contributed by atoms with Gasteiger partial charge in [-0.25, -0.2) is 9.78 Å². The monoisotopic (exact) mass is 260 g/mol. The summed E-state index contributed by atoms with van der Waals surface area (Å²) in [6, 6.07) is 7.51. The summed E-state index contributed by atoms with van der Waals surface area (Å²) in [7, 11) is 1.62. The number of aromatic nitrogens is 2. The number of ether oxygens (including phenoxy) is 2. The summed E-state index contributed by atoms with van der Waals surface area (Å²) in [5.41, 5.74) is 2.49. The first-order valence-electron chi connectivity index (χ1n) is 6.03. The van der Waals surface area contributed by atoms with E-state index in [2.05, 4.69) is 9.97 Å². The summed E-state index contributed by atoms with van der Waals surface area (Å²) < 4.78 is 10.0. The first kappa shape index (κ1) is 13.1. The minimum Gasteiger partial charge on any atom is -0.497 e. The van der Waals surface area contributed by atoms with Crippen LogP contribution in [0.2, 0.25) is 0 Å². The highest BCUT2D eigenvalue weighted by Gasteiger charge is 2.15. The summed E-state index contributed by atoms with van der Waals surface area (Å²) in [6.45, 7) is 3.96. The molecule has 0 fully saturated rings. The van der Waals surface area contributed by atoms with Gasteiger partial charge in [0.15, 0.2) is 0 Å². The number of carbonyl (C=O) groups is 1. The van der Waals surface area contributed by atoms with Crippen LogP contribution in [0.25, 0.3) is 11.3 Å². The molecule has 1 aromatic heterocycles. The van der Waals surface area contributed by atoms with Crippen molar-refractivity contribution in [3.8, 4) is 17.0 Å². The highest BCUT2D eigenvalue weighted by atomic mass is 16.5. The van der Waals surface area contributed by atoms with Crippen LogP contribution < -0.4 is 4.74 Å². The Morgan fingerprint density at radius 1 is 1.32 bits per heavy atom. The number of aryl methyl sites for hydroxylation is 1. The standard InChI is InChI=1S/C14H16N2O3/c1-4-19-14(17)13-15-9(2)12(16-13)10-5-7-11(18-3)8-6-10/h5-8H,4H2,1-3H3,(H,15,16). The molecule has 0 spiro atoms. The molecule has 0 bridgehead atoms. The number of benzene rings is 1. The molecule has 100 valence electrons. The second-order valence-corrected chi connectivity index (χ2v) is 4.01. The minimum atomic E-state index is -0.439. The Kier molecular flexibility index (Phi) is 3.85. The first-order chi connectivity index (χ1) is 9.15. The van der Waals surface area contributed by atoms with Gasteiger partial charge in [-0.15, -0.1) is 0 Å². The topological polar surface area (TPSA) is 64.2 Å². The predicted octanol–water partition coefficient (Wildman–Crippen LogP) is 2.57. The average molecular weight is 260 g/mol. The number of nitrogens with one attached hydrogen (secondary N) is 1. The van der Waals surface area contributed by atoms with Gasteiger partial charge in [0.2, 0.25) is 5.82 Å². The van der Waals surface area contributed by atoms with E-state index in [1.807, 2.05) is 31.2 Å². The smallest absolute Gasteiger partial charge is 0.374 e. The molecule has 0 saturated heterocycles. The van der Waals surface area contributed by atoms with Crippen LogP contribution >= 0.6 is 0 Å². The van der Waals surface area contributed by atoms with E-state index < -0.39 is 5.97 Å². The van der Waals surface area contributed by atoms with E-state index in [1.54, 1.807) is 14.0 Å². The van der Waals surface area contributed by atoms with Crippen molar-refractivity contribution in [2.24, 2.45) is 0 Å². The zero-order chi connectivity index (χ0) is 13.8. The van der Waals surface area contributed by atoms with Gasteiger partial charge in [-0.3, -0.25) is 0 Å². The van der Waals surface area contributed by atoms with Crippen molar-refractivity contribution < 1.29 is 14.3 Å². The first-order valence-corrected chi connectivity index (χ1v) is 6.03. The molecule has 2 rings (SSSR count). The Labute approximate surface area is 111 Å². The molecule has 0 aliphatic heterocycles. The summed E-state index contributed by atoms with van der Waals surface area (Å²) in [5, 5.41) is 0. The van der Waals surface area contributed by atoms with Crippen molar-refractivity contribution in [2.45, 2.75) is 13.8 Å². The highest BCUT2D eigenvalue weighted by Crippen LogP contribution is 2.23. The maximum absolute atomic E-state index is 11.6. The van der Waals surface area contributed by atoms with Crippen molar-refractivity contribution in [2.75, 3.05) is 13.7 Å². The van der Waals surface area contributed by atoms with E-state index in [9.17, 15) is 4.79 Å². The fourth-order valence-corrected chi connectivity index (χ4v) is 1.79. The third kappa shape index (κ3) is 2.76. The molecule has 1 N–H and O–H groups in total. The number of carbonyl (C=O) groups excluding carboxylic acids is 1. The lowest BCUT2D eigenvalue weighted by Gasteiger charge is -2.01. The van der Waals surface area contributed by atoms with Crippen LogP contribution in [0.15, 0.2) is 24.3 Å². The van der Waals surface area contributed by atoms with Crippen LogP contribution in [-0.4, -0.2) is 29.7 Å². The number of hydrogen-bond acceptors (Lipinski definition) is 4. The van der Waals surface area contributed by atoms with E-state index in [0.29, 0.717) is 6.61 Å². The van der Waals surface area contributed by atoms with Crippen LogP contribution in [0.1, 0.15) is 23.2 Å². The van der Waals surface area contributed by atoms with E-state index in [0.717, 1.165) is 22.7 Å². The number of methoxy groups -OCH3 is 1. The van der Waals surface area contributed by atoms with Gasteiger partial charge >= 0.3 is 5.97 Å². The van der Waals surface area contributed by atoms with E-state index in [-0.39, 0.29) is 5.82 Å². The van der Waals surface area contributed by atoms with Gasteiger partial charge in [0, 0.05) is 11.3 Å². The molecule has 2 aromatic rings. The third-order valence-corrected chi connectivity index (χ3v) is 2.72. The Bertz CT molecular complexity index is 573. The number of H-pyrrole nitrogens is 1. The van der Waals surface area contributed by atoms with Crippen molar-refractivity contribution in [1.29, 1.82) is 0 Å². The average Bonchev–Trinajstić information content (AvgIpc) is 2.81. The number of hydrogen-bond donors (Lipinski definition) is 1. The Morgan fingerprint density at radius 3 is 2.58 bits per heavy atom. The quantitative estimate of drug-likeness (QED) is 0.858. The lowest BCUT2D eigenvalue weighted by molar-refractivity contribution is 0.0513. The van der Waals surface area contributed by atoms with Gasteiger partial charge in [-0.1, -0.05) is 0 Å². The molecule has 19 heavy (non-hydrogen) atoms. The lowest BCUT2D eigenvalue weighted by atomic mass is 10.1. The molecule has 0 radical (unpaired) electrons.